The fraction of sp³-hybridized carbons (Fsp3) is 0.100. The van der Waals surface area contributed by atoms with Gasteiger partial charge in [-0.15, -0.1) is 0 Å². The second kappa shape index (κ2) is 3.93. The van der Waals surface area contributed by atoms with E-state index in [0.717, 1.165) is 17.0 Å². The molecule has 2 aromatic rings. The molecule has 0 saturated heterocycles. The topological polar surface area (TPSA) is 64.7 Å². The molecule has 0 fully saturated rings. The van der Waals surface area contributed by atoms with Crippen LogP contribution < -0.4 is 5.73 Å². The number of rotatable bonds is 2. The van der Waals surface area contributed by atoms with Crippen LogP contribution in [0, 0.1) is 0 Å². The van der Waals surface area contributed by atoms with Crippen LogP contribution in [0.4, 0.5) is 0 Å². The van der Waals surface area contributed by atoms with Crippen LogP contribution >= 0.6 is 0 Å². The maximum atomic E-state index is 5.49. The molecule has 0 amide bonds. The zero-order valence-electron chi connectivity index (χ0n) is 7.59. The fourth-order valence-corrected chi connectivity index (χ4v) is 1.18. The Kier molecular flexibility index (Phi) is 2.46. The number of hydrogen-bond acceptors (Lipinski definition) is 4. The molecule has 0 aliphatic rings. The van der Waals surface area contributed by atoms with Crippen molar-refractivity contribution in [3.63, 3.8) is 0 Å². The molecule has 4 heteroatoms. The van der Waals surface area contributed by atoms with Crippen LogP contribution in [-0.4, -0.2) is 15.0 Å². The van der Waals surface area contributed by atoms with E-state index in [1.807, 2.05) is 18.2 Å². The van der Waals surface area contributed by atoms with Crippen LogP contribution in [-0.2, 0) is 6.54 Å². The predicted molar refractivity (Wildman–Crippen MR) is 53.2 cm³/mol. The van der Waals surface area contributed by atoms with E-state index < -0.39 is 0 Å². The van der Waals surface area contributed by atoms with Crippen LogP contribution in [0.15, 0.2) is 36.9 Å². The van der Waals surface area contributed by atoms with Crippen molar-refractivity contribution >= 4 is 0 Å². The third kappa shape index (κ3) is 1.75. The predicted octanol–water partition coefficient (Wildman–Crippen LogP) is 0.997. The molecule has 0 aliphatic heterocycles. The lowest BCUT2D eigenvalue weighted by Gasteiger charge is -2.00. The van der Waals surface area contributed by atoms with E-state index in [1.54, 1.807) is 12.4 Å². The van der Waals surface area contributed by atoms with Gasteiger partial charge >= 0.3 is 0 Å². The third-order valence-corrected chi connectivity index (χ3v) is 1.89. The van der Waals surface area contributed by atoms with Crippen molar-refractivity contribution in [3.05, 3.63) is 42.6 Å². The van der Waals surface area contributed by atoms with Crippen molar-refractivity contribution in [3.8, 4) is 11.3 Å². The Hall–Kier alpha value is -1.81. The first kappa shape index (κ1) is 8.77. The Morgan fingerprint density at radius 2 is 2.21 bits per heavy atom. The minimum atomic E-state index is 0.426. The van der Waals surface area contributed by atoms with Gasteiger partial charge in [0.15, 0.2) is 0 Å². The lowest BCUT2D eigenvalue weighted by Crippen LogP contribution is -2.00. The smallest absolute Gasteiger partial charge is 0.116 e. The monoisotopic (exact) mass is 186 g/mol. The van der Waals surface area contributed by atoms with Crippen LogP contribution in [0.3, 0.4) is 0 Å². The quantitative estimate of drug-likeness (QED) is 0.759. The molecule has 2 rings (SSSR count). The molecule has 0 unspecified atom stereocenters. The van der Waals surface area contributed by atoms with Crippen molar-refractivity contribution in [2.75, 3.05) is 0 Å². The molecule has 0 bridgehead atoms. The van der Waals surface area contributed by atoms with E-state index in [-0.39, 0.29) is 0 Å². The molecule has 2 aromatic heterocycles. The van der Waals surface area contributed by atoms with E-state index in [2.05, 4.69) is 15.0 Å². The highest BCUT2D eigenvalue weighted by molar-refractivity contribution is 5.57. The summed E-state index contributed by atoms with van der Waals surface area (Å²) < 4.78 is 0. The normalized spacial score (nSPS) is 10.1. The number of aromatic nitrogens is 3. The van der Waals surface area contributed by atoms with Gasteiger partial charge in [0.05, 0.1) is 11.4 Å². The van der Waals surface area contributed by atoms with E-state index in [9.17, 15) is 0 Å². The summed E-state index contributed by atoms with van der Waals surface area (Å²) in [6.45, 7) is 0.426. The van der Waals surface area contributed by atoms with Gasteiger partial charge < -0.3 is 5.73 Å². The van der Waals surface area contributed by atoms with Gasteiger partial charge in [-0.05, 0) is 18.2 Å². The highest BCUT2D eigenvalue weighted by atomic mass is 14.8. The maximum Gasteiger partial charge on any atom is 0.116 e. The van der Waals surface area contributed by atoms with Gasteiger partial charge in [0.2, 0.25) is 0 Å². The van der Waals surface area contributed by atoms with Gasteiger partial charge in [-0.3, -0.25) is 4.98 Å². The third-order valence-electron chi connectivity index (χ3n) is 1.89. The van der Waals surface area contributed by atoms with Gasteiger partial charge in [0.25, 0.3) is 0 Å². The maximum absolute atomic E-state index is 5.49. The van der Waals surface area contributed by atoms with Gasteiger partial charge in [-0.1, -0.05) is 0 Å². The first-order chi connectivity index (χ1) is 6.90. The molecule has 4 nitrogen and oxygen atoms in total. The molecule has 2 N–H and O–H groups in total. The largest absolute Gasteiger partial charge is 0.325 e. The molecular formula is C10H10N4. The molecule has 14 heavy (non-hydrogen) atoms. The highest BCUT2D eigenvalue weighted by Gasteiger charge is 1.99. The van der Waals surface area contributed by atoms with E-state index in [0.29, 0.717) is 6.54 Å². The first-order valence-corrected chi connectivity index (χ1v) is 4.31. The first-order valence-electron chi connectivity index (χ1n) is 4.31. The Morgan fingerprint density at radius 3 is 2.93 bits per heavy atom. The number of pyridine rings is 1. The molecule has 70 valence electrons. The standard InChI is InChI=1S/C10H10N4/c11-5-9-4-10(14-7-13-9)8-2-1-3-12-6-8/h1-4,6-7H,5,11H2. The average molecular weight is 186 g/mol. The SMILES string of the molecule is NCc1cc(-c2cccnc2)ncn1. The van der Waals surface area contributed by atoms with Gasteiger partial charge in [0.1, 0.15) is 6.33 Å². The number of nitrogens with two attached hydrogens (primary N) is 1. The number of hydrogen-bond donors (Lipinski definition) is 1. The molecule has 0 spiro atoms. The summed E-state index contributed by atoms with van der Waals surface area (Å²) in [6.07, 6.45) is 5.02. The van der Waals surface area contributed by atoms with Crippen molar-refractivity contribution in [2.45, 2.75) is 6.54 Å². The highest BCUT2D eigenvalue weighted by Crippen LogP contribution is 2.14. The Morgan fingerprint density at radius 1 is 1.29 bits per heavy atom. The molecule has 0 radical (unpaired) electrons. The Balaban J connectivity index is 2.42. The van der Waals surface area contributed by atoms with Gasteiger partial charge in [0, 0.05) is 24.5 Å². The Labute approximate surface area is 81.9 Å². The molecule has 0 saturated carbocycles. The van der Waals surface area contributed by atoms with Gasteiger partial charge in [-0.2, -0.15) is 0 Å². The zero-order chi connectivity index (χ0) is 9.80. The van der Waals surface area contributed by atoms with E-state index in [4.69, 9.17) is 5.73 Å². The molecule has 0 aromatic carbocycles. The summed E-state index contributed by atoms with van der Waals surface area (Å²) >= 11 is 0. The second-order valence-corrected chi connectivity index (χ2v) is 2.84. The van der Waals surface area contributed by atoms with E-state index in [1.165, 1.54) is 6.33 Å². The summed E-state index contributed by atoms with van der Waals surface area (Å²) in [4.78, 5) is 12.2. The van der Waals surface area contributed by atoms with Crippen LogP contribution in [0.5, 0.6) is 0 Å². The lowest BCUT2D eigenvalue weighted by molar-refractivity contribution is 0.966. The van der Waals surface area contributed by atoms with Crippen LogP contribution in [0.1, 0.15) is 5.69 Å². The van der Waals surface area contributed by atoms with Crippen molar-refractivity contribution in [2.24, 2.45) is 5.73 Å². The van der Waals surface area contributed by atoms with Crippen LogP contribution in [0.25, 0.3) is 11.3 Å². The van der Waals surface area contributed by atoms with Crippen molar-refractivity contribution < 1.29 is 0 Å². The van der Waals surface area contributed by atoms with Crippen LogP contribution in [0.2, 0.25) is 0 Å². The minimum absolute atomic E-state index is 0.426. The summed E-state index contributed by atoms with van der Waals surface area (Å²) in [5, 5.41) is 0. The summed E-state index contributed by atoms with van der Waals surface area (Å²) in [7, 11) is 0. The minimum Gasteiger partial charge on any atom is -0.325 e. The second-order valence-electron chi connectivity index (χ2n) is 2.84. The lowest BCUT2D eigenvalue weighted by atomic mass is 10.2. The van der Waals surface area contributed by atoms with Crippen molar-refractivity contribution in [1.29, 1.82) is 0 Å². The Bertz CT molecular complexity index is 413. The summed E-state index contributed by atoms with van der Waals surface area (Å²) in [5.41, 5.74) is 8.15. The molecule has 2 heterocycles. The molecule has 0 atom stereocenters. The average Bonchev–Trinajstić information content (AvgIpc) is 2.30. The molecular weight excluding hydrogens is 176 g/mol. The van der Waals surface area contributed by atoms with E-state index >= 15 is 0 Å². The molecule has 0 aliphatic carbocycles. The summed E-state index contributed by atoms with van der Waals surface area (Å²) in [5.74, 6) is 0. The summed E-state index contributed by atoms with van der Waals surface area (Å²) in [6, 6.07) is 5.70. The van der Waals surface area contributed by atoms with Gasteiger partial charge in [-0.25, -0.2) is 9.97 Å². The number of nitrogens with zero attached hydrogens (tertiary/aromatic N) is 3. The van der Waals surface area contributed by atoms with Crippen molar-refractivity contribution in [1.82, 2.24) is 15.0 Å². The fourth-order valence-electron chi connectivity index (χ4n) is 1.18. The zero-order valence-corrected chi connectivity index (χ0v) is 7.59.